The fourth-order valence-corrected chi connectivity index (χ4v) is 3.51. The van der Waals surface area contributed by atoms with E-state index in [1.807, 2.05) is 6.07 Å². The lowest BCUT2D eigenvalue weighted by molar-refractivity contribution is 0.413. The van der Waals surface area contributed by atoms with Gasteiger partial charge in [0.15, 0.2) is 9.84 Å². The topological polar surface area (TPSA) is 79.2 Å². The van der Waals surface area contributed by atoms with E-state index in [0.29, 0.717) is 11.4 Å². The average molecular weight is 252 g/mol. The predicted molar refractivity (Wildman–Crippen MR) is 62.7 cm³/mol. The van der Waals surface area contributed by atoms with Crippen LogP contribution in [0.5, 0.6) is 5.75 Å². The molecule has 1 heterocycles. The molecule has 1 aromatic carbocycles. The number of fused-ring (bicyclic) bond motifs is 1. The molecule has 0 spiro atoms. The Morgan fingerprint density at radius 2 is 2.35 bits per heavy atom. The van der Waals surface area contributed by atoms with E-state index in [2.05, 4.69) is 5.32 Å². The van der Waals surface area contributed by atoms with Crippen molar-refractivity contribution in [3.05, 3.63) is 18.2 Å². The van der Waals surface area contributed by atoms with Gasteiger partial charge in [-0.2, -0.15) is 5.26 Å². The molecule has 0 aromatic heterocycles. The van der Waals surface area contributed by atoms with Gasteiger partial charge in [-0.1, -0.05) is 0 Å². The Hall–Kier alpha value is -1.74. The first-order chi connectivity index (χ1) is 8.06. The second-order valence-corrected chi connectivity index (χ2v) is 5.85. The summed E-state index contributed by atoms with van der Waals surface area (Å²) in [6, 6.07) is 6.49. The molecule has 0 radical (unpaired) electrons. The predicted octanol–water partition coefficient (Wildman–Crippen LogP) is 1.18. The zero-order chi connectivity index (χ0) is 12.5. The van der Waals surface area contributed by atoms with Gasteiger partial charge in [0.05, 0.1) is 42.0 Å². The number of hydrogen-bond acceptors (Lipinski definition) is 5. The van der Waals surface area contributed by atoms with Crippen molar-refractivity contribution in [1.82, 2.24) is 0 Å². The third-order valence-corrected chi connectivity index (χ3v) is 4.49. The Kier molecular flexibility index (Phi) is 2.94. The molecule has 1 atom stereocenters. The summed E-state index contributed by atoms with van der Waals surface area (Å²) in [4.78, 5) is 0.242. The lowest BCUT2D eigenvalue weighted by atomic mass is 10.2. The molecule has 1 aliphatic rings. The normalized spacial score (nSPS) is 20.8. The first-order valence-electron chi connectivity index (χ1n) is 5.11. The second kappa shape index (κ2) is 4.26. The van der Waals surface area contributed by atoms with Crippen LogP contribution in [0.4, 0.5) is 5.69 Å². The molecule has 1 N–H and O–H groups in total. The lowest BCUT2D eigenvalue weighted by Crippen LogP contribution is -2.33. The van der Waals surface area contributed by atoms with E-state index in [-0.39, 0.29) is 23.1 Å². The molecule has 0 saturated heterocycles. The molecule has 1 unspecified atom stereocenters. The minimum Gasteiger partial charge on any atom is -0.497 e. The van der Waals surface area contributed by atoms with E-state index in [1.54, 1.807) is 12.1 Å². The van der Waals surface area contributed by atoms with Crippen molar-refractivity contribution in [2.24, 2.45) is 0 Å². The van der Waals surface area contributed by atoms with Gasteiger partial charge < -0.3 is 10.1 Å². The largest absolute Gasteiger partial charge is 0.497 e. The number of anilines is 1. The van der Waals surface area contributed by atoms with Crippen LogP contribution < -0.4 is 10.1 Å². The number of nitriles is 1. The Morgan fingerprint density at radius 3 is 3.00 bits per heavy atom. The van der Waals surface area contributed by atoms with Crippen LogP contribution >= 0.6 is 0 Å². The van der Waals surface area contributed by atoms with Crippen LogP contribution in [0.1, 0.15) is 6.42 Å². The second-order valence-electron chi connectivity index (χ2n) is 3.85. The SMILES string of the molecule is COc1ccc2c(c1)S(=O)(=O)CC(CC#N)N2. The van der Waals surface area contributed by atoms with Gasteiger partial charge in [0.25, 0.3) is 0 Å². The summed E-state index contributed by atoms with van der Waals surface area (Å²) < 4.78 is 29.0. The number of ether oxygens (including phenoxy) is 1. The molecule has 6 heteroatoms. The highest BCUT2D eigenvalue weighted by atomic mass is 32.2. The van der Waals surface area contributed by atoms with E-state index in [1.165, 1.54) is 13.2 Å². The van der Waals surface area contributed by atoms with Crippen molar-refractivity contribution < 1.29 is 13.2 Å². The Balaban J connectivity index is 2.46. The third kappa shape index (κ3) is 2.19. The van der Waals surface area contributed by atoms with Crippen molar-refractivity contribution in [3.8, 4) is 11.8 Å². The summed E-state index contributed by atoms with van der Waals surface area (Å²) >= 11 is 0. The Labute approximate surface area is 99.9 Å². The zero-order valence-corrected chi connectivity index (χ0v) is 10.1. The minimum atomic E-state index is -3.34. The van der Waals surface area contributed by atoms with E-state index < -0.39 is 9.84 Å². The standard InChI is InChI=1S/C11H12N2O3S/c1-16-9-2-3-10-11(6-9)17(14,15)7-8(13-10)4-5-12/h2-3,6,8,13H,4,7H2,1H3. The molecule has 1 aliphatic heterocycles. The summed E-state index contributed by atoms with van der Waals surface area (Å²) in [6.45, 7) is 0. The molecule has 5 nitrogen and oxygen atoms in total. The molecular weight excluding hydrogens is 240 g/mol. The Morgan fingerprint density at radius 1 is 1.59 bits per heavy atom. The minimum absolute atomic E-state index is 0.0548. The first kappa shape index (κ1) is 11.7. The zero-order valence-electron chi connectivity index (χ0n) is 9.30. The van der Waals surface area contributed by atoms with Gasteiger partial charge >= 0.3 is 0 Å². The summed E-state index contributed by atoms with van der Waals surface area (Å²) in [5, 5.41) is 11.7. The van der Waals surface area contributed by atoms with Gasteiger partial charge in [-0.25, -0.2) is 8.42 Å². The fourth-order valence-electron chi connectivity index (χ4n) is 1.84. The average Bonchev–Trinajstić information content (AvgIpc) is 2.28. The van der Waals surface area contributed by atoms with E-state index in [0.717, 1.165) is 0 Å². The smallest absolute Gasteiger partial charge is 0.182 e. The van der Waals surface area contributed by atoms with Crippen LogP contribution in [0.3, 0.4) is 0 Å². The summed E-state index contributed by atoms with van der Waals surface area (Å²) in [7, 11) is -1.85. The number of nitrogens with one attached hydrogen (secondary N) is 1. The van der Waals surface area contributed by atoms with Crippen LogP contribution in [0.2, 0.25) is 0 Å². The van der Waals surface area contributed by atoms with Crippen LogP contribution in [-0.2, 0) is 9.84 Å². The molecule has 0 saturated carbocycles. The van der Waals surface area contributed by atoms with E-state index >= 15 is 0 Å². The number of hydrogen-bond donors (Lipinski definition) is 1. The highest BCUT2D eigenvalue weighted by Crippen LogP contribution is 2.32. The number of methoxy groups -OCH3 is 1. The number of nitrogens with zero attached hydrogens (tertiary/aromatic N) is 1. The fraction of sp³-hybridized carbons (Fsp3) is 0.364. The maximum atomic E-state index is 12.0. The lowest BCUT2D eigenvalue weighted by Gasteiger charge is -2.25. The molecular formula is C11H12N2O3S. The van der Waals surface area contributed by atoms with Gasteiger partial charge in [0, 0.05) is 6.07 Å². The first-order valence-corrected chi connectivity index (χ1v) is 6.76. The molecule has 90 valence electrons. The van der Waals surface area contributed by atoms with Crippen molar-refractivity contribution in [2.75, 3.05) is 18.2 Å². The monoisotopic (exact) mass is 252 g/mol. The van der Waals surface area contributed by atoms with E-state index in [9.17, 15) is 8.42 Å². The van der Waals surface area contributed by atoms with Gasteiger partial charge in [0.2, 0.25) is 0 Å². The molecule has 0 aliphatic carbocycles. The number of rotatable bonds is 2. The highest BCUT2D eigenvalue weighted by Gasteiger charge is 2.30. The van der Waals surface area contributed by atoms with Gasteiger partial charge in [-0.15, -0.1) is 0 Å². The van der Waals surface area contributed by atoms with Crippen LogP contribution in [0, 0.1) is 11.3 Å². The molecule has 0 fully saturated rings. The molecule has 2 rings (SSSR count). The van der Waals surface area contributed by atoms with Crippen molar-refractivity contribution >= 4 is 15.5 Å². The maximum absolute atomic E-state index is 12.0. The van der Waals surface area contributed by atoms with E-state index in [4.69, 9.17) is 10.00 Å². The molecule has 1 aromatic rings. The third-order valence-electron chi connectivity index (χ3n) is 2.64. The molecule has 0 amide bonds. The quantitative estimate of drug-likeness (QED) is 0.854. The van der Waals surface area contributed by atoms with Crippen molar-refractivity contribution in [2.45, 2.75) is 17.4 Å². The van der Waals surface area contributed by atoms with Crippen LogP contribution in [0.15, 0.2) is 23.1 Å². The number of benzene rings is 1. The van der Waals surface area contributed by atoms with Gasteiger partial charge in [-0.05, 0) is 12.1 Å². The molecule has 0 bridgehead atoms. The van der Waals surface area contributed by atoms with Crippen molar-refractivity contribution in [1.29, 1.82) is 5.26 Å². The Bertz CT molecular complexity index is 575. The maximum Gasteiger partial charge on any atom is 0.182 e. The van der Waals surface area contributed by atoms with Crippen LogP contribution in [0.25, 0.3) is 0 Å². The number of sulfone groups is 1. The summed E-state index contributed by atoms with van der Waals surface area (Å²) in [5.74, 6) is 0.452. The highest BCUT2D eigenvalue weighted by molar-refractivity contribution is 7.91. The van der Waals surface area contributed by atoms with Gasteiger partial charge in [0.1, 0.15) is 5.75 Å². The van der Waals surface area contributed by atoms with Crippen molar-refractivity contribution in [3.63, 3.8) is 0 Å². The summed E-state index contributed by atoms with van der Waals surface area (Å²) in [5.41, 5.74) is 0.539. The van der Waals surface area contributed by atoms with Gasteiger partial charge in [-0.3, -0.25) is 0 Å². The molecule has 17 heavy (non-hydrogen) atoms. The van der Waals surface area contributed by atoms with Crippen LogP contribution in [-0.4, -0.2) is 27.3 Å². The summed E-state index contributed by atoms with van der Waals surface area (Å²) in [6.07, 6.45) is 0.171.